The molecule has 0 atom stereocenters. The Morgan fingerprint density at radius 1 is 1.26 bits per heavy atom. The monoisotopic (exact) mass is 330 g/mol. The zero-order valence-corrected chi connectivity index (χ0v) is 12.7. The first-order chi connectivity index (χ1) is 11.1. The highest BCUT2D eigenvalue weighted by molar-refractivity contribution is 6.33. The molecule has 0 radical (unpaired) electrons. The summed E-state index contributed by atoms with van der Waals surface area (Å²) in [6.07, 6.45) is 2.37. The van der Waals surface area contributed by atoms with Gasteiger partial charge in [-0.2, -0.15) is 0 Å². The number of carbonyl (C=O) groups excluding carboxylic acids is 2. The lowest BCUT2D eigenvalue weighted by Gasteiger charge is -2.09. The number of nitrogens with zero attached hydrogens (tertiary/aromatic N) is 1. The van der Waals surface area contributed by atoms with Gasteiger partial charge >= 0.3 is 0 Å². The molecule has 0 fully saturated rings. The molecular formula is C17H12ClFN2O2. The second-order valence-electron chi connectivity index (χ2n) is 5.02. The normalized spacial score (nSPS) is 10.7. The Bertz CT molecular complexity index is 905. The number of aldehydes is 1. The summed E-state index contributed by atoms with van der Waals surface area (Å²) in [6, 6.07) is 11.0. The molecule has 1 amide bonds. The molecular weight excluding hydrogens is 319 g/mol. The fourth-order valence-corrected chi connectivity index (χ4v) is 2.60. The second kappa shape index (κ2) is 6.22. The molecule has 1 heterocycles. The summed E-state index contributed by atoms with van der Waals surface area (Å²) in [5.41, 5.74) is 1.50. The molecule has 0 aliphatic heterocycles. The van der Waals surface area contributed by atoms with Gasteiger partial charge in [-0.3, -0.25) is 9.59 Å². The number of para-hydroxylation sites is 1. The lowest BCUT2D eigenvalue weighted by Crippen LogP contribution is -2.18. The van der Waals surface area contributed by atoms with Crippen molar-refractivity contribution in [3.63, 3.8) is 0 Å². The van der Waals surface area contributed by atoms with Crippen molar-refractivity contribution in [2.45, 2.75) is 6.54 Å². The zero-order chi connectivity index (χ0) is 16.4. The smallest absolute Gasteiger partial charge is 0.244 e. The third-order valence-electron chi connectivity index (χ3n) is 3.46. The minimum Gasteiger partial charge on any atom is -0.337 e. The van der Waals surface area contributed by atoms with Crippen molar-refractivity contribution in [3.8, 4) is 0 Å². The van der Waals surface area contributed by atoms with Gasteiger partial charge in [0.1, 0.15) is 12.4 Å². The van der Waals surface area contributed by atoms with Crippen molar-refractivity contribution in [1.82, 2.24) is 4.57 Å². The van der Waals surface area contributed by atoms with E-state index in [1.54, 1.807) is 10.8 Å². The molecule has 3 aromatic rings. The summed E-state index contributed by atoms with van der Waals surface area (Å²) in [7, 11) is 0. The van der Waals surface area contributed by atoms with E-state index in [9.17, 15) is 14.0 Å². The molecule has 3 rings (SSSR count). The van der Waals surface area contributed by atoms with Crippen LogP contribution in [0.25, 0.3) is 10.9 Å². The number of fused-ring (bicyclic) bond motifs is 1. The predicted octanol–water partition coefficient (Wildman–Crippen LogP) is 3.89. The molecule has 116 valence electrons. The van der Waals surface area contributed by atoms with Gasteiger partial charge in [0.2, 0.25) is 5.91 Å². The summed E-state index contributed by atoms with van der Waals surface area (Å²) in [4.78, 5) is 23.3. The molecule has 0 aliphatic rings. The minimum absolute atomic E-state index is 0.0127. The Kier molecular flexibility index (Phi) is 4.12. The van der Waals surface area contributed by atoms with Crippen LogP contribution >= 0.6 is 11.6 Å². The highest BCUT2D eigenvalue weighted by Crippen LogP contribution is 2.23. The van der Waals surface area contributed by atoms with E-state index in [1.807, 2.05) is 24.3 Å². The molecule has 0 aliphatic carbocycles. The van der Waals surface area contributed by atoms with Crippen molar-refractivity contribution >= 4 is 40.4 Å². The predicted molar refractivity (Wildman–Crippen MR) is 87.4 cm³/mol. The number of halogens is 2. The Hall–Kier alpha value is -2.66. The number of anilines is 1. The van der Waals surface area contributed by atoms with Crippen molar-refractivity contribution in [1.29, 1.82) is 0 Å². The SMILES string of the molecule is O=Cc1cn(CC(=O)Nc2cc(F)ccc2Cl)c2ccccc12. The number of carbonyl (C=O) groups is 2. The Labute approximate surface area is 136 Å². The maximum Gasteiger partial charge on any atom is 0.244 e. The van der Waals surface area contributed by atoms with Gasteiger partial charge in [-0.15, -0.1) is 0 Å². The average Bonchev–Trinajstić information content (AvgIpc) is 2.89. The highest BCUT2D eigenvalue weighted by atomic mass is 35.5. The van der Waals surface area contributed by atoms with E-state index >= 15 is 0 Å². The van der Waals surface area contributed by atoms with Crippen LogP contribution in [0.3, 0.4) is 0 Å². The van der Waals surface area contributed by atoms with Gasteiger partial charge in [0.05, 0.1) is 10.7 Å². The molecule has 0 saturated heterocycles. The molecule has 23 heavy (non-hydrogen) atoms. The number of aromatic nitrogens is 1. The number of nitrogens with one attached hydrogen (secondary N) is 1. The van der Waals surface area contributed by atoms with Gasteiger partial charge in [0.15, 0.2) is 6.29 Å². The molecule has 0 saturated carbocycles. The quantitative estimate of drug-likeness (QED) is 0.738. The first-order valence-electron chi connectivity index (χ1n) is 6.86. The van der Waals surface area contributed by atoms with E-state index in [0.29, 0.717) is 5.56 Å². The van der Waals surface area contributed by atoms with Gasteiger partial charge in [-0.05, 0) is 24.3 Å². The molecule has 0 spiro atoms. The van der Waals surface area contributed by atoms with E-state index in [2.05, 4.69) is 5.32 Å². The van der Waals surface area contributed by atoms with E-state index in [1.165, 1.54) is 12.1 Å². The first kappa shape index (κ1) is 15.2. The van der Waals surface area contributed by atoms with Gasteiger partial charge in [-0.1, -0.05) is 29.8 Å². The summed E-state index contributed by atoms with van der Waals surface area (Å²) in [6.45, 7) is -0.0127. The standard InChI is InChI=1S/C17H12ClFN2O2/c18-14-6-5-12(19)7-15(14)20-17(23)9-21-8-11(10-22)13-3-1-2-4-16(13)21/h1-8,10H,9H2,(H,20,23). The third kappa shape index (κ3) is 3.10. The van der Waals surface area contributed by atoms with Crippen LogP contribution in [0.2, 0.25) is 5.02 Å². The highest BCUT2D eigenvalue weighted by Gasteiger charge is 2.12. The van der Waals surface area contributed by atoms with Crippen LogP contribution in [0.1, 0.15) is 10.4 Å². The van der Waals surface area contributed by atoms with Crippen LogP contribution in [0.15, 0.2) is 48.7 Å². The summed E-state index contributed by atoms with van der Waals surface area (Å²) in [5, 5.41) is 3.60. The number of hydrogen-bond donors (Lipinski definition) is 1. The lowest BCUT2D eigenvalue weighted by molar-refractivity contribution is -0.116. The van der Waals surface area contributed by atoms with Gasteiger partial charge in [0, 0.05) is 22.7 Å². The molecule has 0 bridgehead atoms. The van der Waals surface area contributed by atoms with Crippen molar-refractivity contribution < 1.29 is 14.0 Å². The largest absolute Gasteiger partial charge is 0.337 e. The van der Waals surface area contributed by atoms with E-state index < -0.39 is 5.82 Å². The van der Waals surface area contributed by atoms with E-state index in [0.717, 1.165) is 23.3 Å². The van der Waals surface area contributed by atoms with Crippen molar-refractivity contribution in [2.75, 3.05) is 5.32 Å². The van der Waals surface area contributed by atoms with Crippen LogP contribution in [-0.4, -0.2) is 16.8 Å². The molecule has 6 heteroatoms. The maximum atomic E-state index is 13.2. The van der Waals surface area contributed by atoms with E-state index in [4.69, 9.17) is 11.6 Å². The maximum absolute atomic E-state index is 13.2. The lowest BCUT2D eigenvalue weighted by atomic mass is 10.2. The average molecular weight is 331 g/mol. The van der Waals surface area contributed by atoms with Crippen LogP contribution < -0.4 is 5.32 Å². The van der Waals surface area contributed by atoms with Gasteiger partial charge in [0.25, 0.3) is 0 Å². The number of hydrogen-bond acceptors (Lipinski definition) is 2. The molecule has 0 unspecified atom stereocenters. The molecule has 4 nitrogen and oxygen atoms in total. The molecule has 2 aromatic carbocycles. The summed E-state index contributed by atoms with van der Waals surface area (Å²) >= 11 is 5.93. The Morgan fingerprint density at radius 3 is 2.83 bits per heavy atom. The number of amides is 1. The fourth-order valence-electron chi connectivity index (χ4n) is 2.44. The fraction of sp³-hybridized carbons (Fsp3) is 0.0588. The summed E-state index contributed by atoms with van der Waals surface area (Å²) < 4.78 is 14.9. The van der Waals surface area contributed by atoms with Crippen LogP contribution in [0.4, 0.5) is 10.1 Å². The van der Waals surface area contributed by atoms with Crippen molar-refractivity contribution in [3.05, 3.63) is 65.1 Å². The van der Waals surface area contributed by atoms with Crippen LogP contribution in [0.5, 0.6) is 0 Å². The molecule has 1 N–H and O–H groups in total. The van der Waals surface area contributed by atoms with Gasteiger partial charge < -0.3 is 9.88 Å². The minimum atomic E-state index is -0.487. The van der Waals surface area contributed by atoms with Gasteiger partial charge in [-0.25, -0.2) is 4.39 Å². The Balaban J connectivity index is 1.86. The van der Waals surface area contributed by atoms with E-state index in [-0.39, 0.29) is 23.2 Å². The van der Waals surface area contributed by atoms with Crippen LogP contribution in [0, 0.1) is 5.82 Å². The third-order valence-corrected chi connectivity index (χ3v) is 3.79. The zero-order valence-electron chi connectivity index (χ0n) is 11.9. The Morgan fingerprint density at radius 2 is 2.04 bits per heavy atom. The number of benzene rings is 2. The number of rotatable bonds is 4. The van der Waals surface area contributed by atoms with Crippen molar-refractivity contribution in [2.24, 2.45) is 0 Å². The second-order valence-corrected chi connectivity index (χ2v) is 5.43. The summed E-state index contributed by atoms with van der Waals surface area (Å²) in [5.74, 6) is -0.852. The first-order valence-corrected chi connectivity index (χ1v) is 7.24. The topological polar surface area (TPSA) is 51.1 Å². The molecule has 1 aromatic heterocycles. The van der Waals surface area contributed by atoms with Crippen LogP contribution in [-0.2, 0) is 11.3 Å².